The van der Waals surface area contributed by atoms with E-state index in [0.29, 0.717) is 11.8 Å². The van der Waals surface area contributed by atoms with Gasteiger partial charge < -0.3 is 15.6 Å². The number of nitrogens with two attached hydrogens (primary N) is 1. The fraction of sp³-hybridized carbons (Fsp3) is 0.556. The van der Waals surface area contributed by atoms with E-state index in [0.717, 1.165) is 30.6 Å². The van der Waals surface area contributed by atoms with Crippen molar-refractivity contribution in [1.29, 1.82) is 0 Å². The number of urea groups is 1. The first-order chi connectivity index (χ1) is 11.4. The van der Waals surface area contributed by atoms with Crippen LogP contribution in [0, 0.1) is 11.8 Å². The van der Waals surface area contributed by atoms with Gasteiger partial charge in [-0.15, -0.1) is 0 Å². The molecule has 1 aromatic carbocycles. The van der Waals surface area contributed by atoms with Crippen LogP contribution >= 0.6 is 0 Å². The summed E-state index contributed by atoms with van der Waals surface area (Å²) in [5.74, 6) is 2.19. The molecule has 0 bridgehead atoms. The number of aryl methyl sites for hydroxylation is 1. The van der Waals surface area contributed by atoms with Crippen LogP contribution in [0.5, 0.6) is 0 Å². The third-order valence-corrected chi connectivity index (χ3v) is 6.16. The Morgan fingerprint density at radius 1 is 1.38 bits per heavy atom. The first-order valence-corrected chi connectivity index (χ1v) is 8.59. The lowest BCUT2D eigenvalue weighted by Crippen LogP contribution is -2.45. The van der Waals surface area contributed by atoms with Crippen LogP contribution in [0.1, 0.15) is 25.1 Å². The first-order valence-electron chi connectivity index (χ1n) is 8.59. The van der Waals surface area contributed by atoms with Gasteiger partial charge in [0.25, 0.3) is 0 Å². The van der Waals surface area contributed by atoms with E-state index in [-0.39, 0.29) is 11.6 Å². The summed E-state index contributed by atoms with van der Waals surface area (Å²) in [5, 5.41) is 2.92. The van der Waals surface area contributed by atoms with Gasteiger partial charge in [-0.3, -0.25) is 4.90 Å². The predicted molar refractivity (Wildman–Crippen MR) is 93.4 cm³/mol. The van der Waals surface area contributed by atoms with Gasteiger partial charge in [-0.05, 0) is 57.3 Å². The van der Waals surface area contributed by atoms with Crippen LogP contribution in [0.4, 0.5) is 4.79 Å². The van der Waals surface area contributed by atoms with Gasteiger partial charge in [0.2, 0.25) is 0 Å². The molecule has 0 spiro atoms. The average molecular weight is 327 g/mol. The minimum Gasteiger partial charge on any atom is -0.352 e. The fourth-order valence-electron chi connectivity index (χ4n) is 4.76. The number of amides is 2. The Morgan fingerprint density at radius 2 is 2.12 bits per heavy atom. The second kappa shape index (κ2) is 5.21. The Morgan fingerprint density at radius 3 is 2.79 bits per heavy atom. The molecule has 3 unspecified atom stereocenters. The fourth-order valence-corrected chi connectivity index (χ4v) is 4.76. The number of imidazole rings is 1. The van der Waals surface area contributed by atoms with Crippen LogP contribution in [0.3, 0.4) is 0 Å². The van der Waals surface area contributed by atoms with Gasteiger partial charge in [0.1, 0.15) is 5.82 Å². The molecule has 2 aliphatic carbocycles. The van der Waals surface area contributed by atoms with Crippen molar-refractivity contribution in [2.24, 2.45) is 24.6 Å². The van der Waals surface area contributed by atoms with Gasteiger partial charge >= 0.3 is 6.03 Å². The molecule has 2 aromatic rings. The van der Waals surface area contributed by atoms with E-state index in [1.54, 1.807) is 0 Å². The van der Waals surface area contributed by atoms with Crippen molar-refractivity contribution in [3.8, 4) is 0 Å². The highest BCUT2D eigenvalue weighted by Gasteiger charge is 2.59. The normalized spacial score (nSPS) is 31.9. The quantitative estimate of drug-likeness (QED) is 0.902. The molecule has 128 valence electrons. The number of para-hydroxylation sites is 2. The van der Waals surface area contributed by atoms with Crippen molar-refractivity contribution >= 4 is 17.1 Å². The molecule has 2 aliphatic rings. The molecule has 2 fully saturated rings. The summed E-state index contributed by atoms with van der Waals surface area (Å²) in [4.78, 5) is 18.5. The highest BCUT2D eigenvalue weighted by atomic mass is 16.2. The van der Waals surface area contributed by atoms with Crippen LogP contribution in [0.15, 0.2) is 24.3 Å². The Hall–Kier alpha value is -2.08. The van der Waals surface area contributed by atoms with Gasteiger partial charge in [-0.25, -0.2) is 9.78 Å². The van der Waals surface area contributed by atoms with E-state index in [9.17, 15) is 4.79 Å². The summed E-state index contributed by atoms with van der Waals surface area (Å²) in [5.41, 5.74) is 7.44. The topological polar surface area (TPSA) is 76.2 Å². The number of carbonyl (C=O) groups is 1. The molecular weight excluding hydrogens is 302 g/mol. The van der Waals surface area contributed by atoms with Crippen molar-refractivity contribution in [1.82, 2.24) is 19.8 Å². The molecule has 6 nitrogen and oxygen atoms in total. The Balaban J connectivity index is 1.72. The largest absolute Gasteiger partial charge is 0.352 e. The lowest BCUT2D eigenvalue weighted by atomic mass is 9.80. The number of nitrogens with one attached hydrogen (secondary N) is 1. The second-order valence-electron chi connectivity index (χ2n) is 7.51. The van der Waals surface area contributed by atoms with Crippen LogP contribution in [0.25, 0.3) is 11.0 Å². The van der Waals surface area contributed by atoms with Crippen molar-refractivity contribution in [3.63, 3.8) is 0 Å². The summed E-state index contributed by atoms with van der Waals surface area (Å²) >= 11 is 0. The van der Waals surface area contributed by atoms with Crippen LogP contribution < -0.4 is 11.1 Å². The molecular formula is C18H25N5O. The molecule has 1 heterocycles. The van der Waals surface area contributed by atoms with Crippen molar-refractivity contribution < 1.29 is 4.79 Å². The number of aromatic nitrogens is 2. The van der Waals surface area contributed by atoms with Gasteiger partial charge in [0.05, 0.1) is 16.6 Å². The number of hydrogen-bond donors (Lipinski definition) is 2. The van der Waals surface area contributed by atoms with E-state index >= 15 is 0 Å². The molecule has 24 heavy (non-hydrogen) atoms. The Bertz CT molecular complexity index is 798. The third-order valence-electron chi connectivity index (χ3n) is 6.16. The Kier molecular flexibility index (Phi) is 3.35. The average Bonchev–Trinajstić information content (AvgIpc) is 3.10. The minimum absolute atomic E-state index is 0.0942. The van der Waals surface area contributed by atoms with Crippen molar-refractivity contribution in [2.45, 2.75) is 30.8 Å². The molecule has 6 heteroatoms. The van der Waals surface area contributed by atoms with Gasteiger partial charge in [0.15, 0.2) is 0 Å². The number of carbonyl (C=O) groups excluding carboxylic acids is 1. The van der Waals surface area contributed by atoms with E-state index in [2.05, 4.69) is 54.1 Å². The van der Waals surface area contributed by atoms with Crippen LogP contribution in [0.2, 0.25) is 0 Å². The molecule has 0 aliphatic heterocycles. The smallest absolute Gasteiger partial charge is 0.312 e. The molecule has 0 saturated heterocycles. The van der Waals surface area contributed by atoms with E-state index in [1.807, 2.05) is 6.07 Å². The van der Waals surface area contributed by atoms with E-state index in [4.69, 9.17) is 10.7 Å². The van der Waals surface area contributed by atoms with Gasteiger partial charge in [-0.2, -0.15) is 0 Å². The molecule has 1 aromatic heterocycles. The molecule has 4 atom stereocenters. The summed E-state index contributed by atoms with van der Waals surface area (Å²) in [6.45, 7) is 0. The Labute approximate surface area is 142 Å². The number of hydrogen-bond acceptors (Lipinski definition) is 3. The maximum absolute atomic E-state index is 11.2. The predicted octanol–water partition coefficient (Wildman–Crippen LogP) is 1.80. The van der Waals surface area contributed by atoms with E-state index < -0.39 is 6.03 Å². The zero-order valence-electron chi connectivity index (χ0n) is 14.5. The summed E-state index contributed by atoms with van der Waals surface area (Å²) < 4.78 is 2.23. The maximum Gasteiger partial charge on any atom is 0.312 e. The maximum atomic E-state index is 11.2. The highest BCUT2D eigenvalue weighted by Crippen LogP contribution is 2.57. The summed E-state index contributed by atoms with van der Waals surface area (Å²) in [7, 11) is 6.38. The molecule has 4 rings (SSSR count). The molecule has 2 amide bonds. The first kappa shape index (κ1) is 15.4. The van der Waals surface area contributed by atoms with Crippen molar-refractivity contribution in [3.05, 3.63) is 30.1 Å². The van der Waals surface area contributed by atoms with Crippen molar-refractivity contribution in [2.75, 3.05) is 14.1 Å². The summed E-state index contributed by atoms with van der Waals surface area (Å²) in [6, 6.07) is 8.11. The monoisotopic (exact) mass is 327 g/mol. The second-order valence-corrected chi connectivity index (χ2v) is 7.51. The molecule has 2 saturated carbocycles. The lowest BCUT2D eigenvalue weighted by Gasteiger charge is -2.42. The standard InChI is InChI=1S/C18H25N5O/c1-22(2)18(9-8-11-12(10-18)15(11)21-17(19)24)16-20-13-6-4-5-7-14(13)23(16)3/h4-7,11-12,15H,8-10H2,1-3H3,(H3,19,21,24)/t11?,12?,15?,18-/m1/s1. The number of nitrogens with zero attached hydrogens (tertiary/aromatic N) is 3. The lowest BCUT2D eigenvalue weighted by molar-refractivity contribution is 0.0814. The number of rotatable bonds is 3. The number of fused-ring (bicyclic) bond motifs is 2. The SMILES string of the molecule is CN(C)[C@]1(c2nc3ccccc3n2C)CCC2C(C1)C2NC(N)=O. The van der Waals surface area contributed by atoms with Crippen LogP contribution in [-0.4, -0.2) is 40.6 Å². The zero-order valence-corrected chi connectivity index (χ0v) is 14.5. The minimum atomic E-state index is -0.410. The zero-order chi connectivity index (χ0) is 17.1. The highest BCUT2D eigenvalue weighted by molar-refractivity contribution is 5.76. The molecule has 0 radical (unpaired) electrons. The van der Waals surface area contributed by atoms with E-state index in [1.165, 1.54) is 5.52 Å². The number of primary amides is 1. The van der Waals surface area contributed by atoms with Gasteiger partial charge in [-0.1, -0.05) is 12.1 Å². The number of benzene rings is 1. The summed E-state index contributed by atoms with van der Waals surface area (Å²) in [6.07, 6.45) is 3.15. The molecule has 3 N–H and O–H groups in total. The van der Waals surface area contributed by atoms with Gasteiger partial charge in [0, 0.05) is 13.1 Å². The third kappa shape index (κ3) is 2.13. The van der Waals surface area contributed by atoms with Crippen LogP contribution in [-0.2, 0) is 12.6 Å².